The average molecular weight is 429 g/mol. The summed E-state index contributed by atoms with van der Waals surface area (Å²) in [7, 11) is 0. The third kappa shape index (κ3) is 4.91. The number of hydrogen-bond acceptors (Lipinski definition) is 4. The third-order valence-electron chi connectivity index (χ3n) is 4.85. The quantitative estimate of drug-likeness (QED) is 0.552. The van der Waals surface area contributed by atoms with Gasteiger partial charge in [0, 0.05) is 29.9 Å². The van der Waals surface area contributed by atoms with Crippen LogP contribution in [0.25, 0.3) is 11.4 Å². The second-order valence-corrected chi connectivity index (χ2v) is 7.37. The lowest BCUT2D eigenvalue weighted by atomic mass is 10.2. The SMILES string of the molecule is FC(F)Oc1ccc(NC(=S)Nc2ccc(-c3nnc4n3CCCCC4)cc2)cc1. The molecule has 0 atom stereocenters. The van der Waals surface area contributed by atoms with Gasteiger partial charge in [0.15, 0.2) is 10.9 Å². The molecule has 30 heavy (non-hydrogen) atoms. The van der Waals surface area contributed by atoms with Gasteiger partial charge in [-0.2, -0.15) is 8.78 Å². The first kappa shape index (κ1) is 20.2. The molecule has 2 aromatic carbocycles. The van der Waals surface area contributed by atoms with Crippen molar-refractivity contribution >= 4 is 28.7 Å². The summed E-state index contributed by atoms with van der Waals surface area (Å²) in [5, 5.41) is 15.2. The van der Waals surface area contributed by atoms with E-state index in [2.05, 4.69) is 30.1 Å². The molecule has 0 fully saturated rings. The summed E-state index contributed by atoms with van der Waals surface area (Å²) >= 11 is 5.33. The Bertz CT molecular complexity index is 1010. The van der Waals surface area contributed by atoms with Crippen LogP contribution in [-0.4, -0.2) is 26.5 Å². The Hall–Kier alpha value is -3.07. The number of halogens is 2. The fraction of sp³-hybridized carbons (Fsp3) is 0.286. The number of alkyl halides is 2. The molecule has 0 aliphatic carbocycles. The van der Waals surface area contributed by atoms with E-state index in [1.807, 2.05) is 24.3 Å². The molecule has 0 unspecified atom stereocenters. The van der Waals surface area contributed by atoms with Crippen LogP contribution in [0.2, 0.25) is 0 Å². The van der Waals surface area contributed by atoms with Gasteiger partial charge in [0.05, 0.1) is 0 Å². The number of benzene rings is 2. The molecular weight excluding hydrogens is 408 g/mol. The van der Waals surface area contributed by atoms with E-state index in [9.17, 15) is 8.78 Å². The molecule has 2 N–H and O–H groups in total. The van der Waals surface area contributed by atoms with Crippen LogP contribution in [0.4, 0.5) is 20.2 Å². The molecular formula is C21H21F2N5OS. The van der Waals surface area contributed by atoms with Crippen molar-refractivity contribution in [3.8, 4) is 17.1 Å². The summed E-state index contributed by atoms with van der Waals surface area (Å²) in [5.74, 6) is 2.04. The highest BCUT2D eigenvalue weighted by molar-refractivity contribution is 7.80. The molecule has 1 aromatic heterocycles. The van der Waals surface area contributed by atoms with Crippen molar-refractivity contribution in [1.82, 2.24) is 14.8 Å². The van der Waals surface area contributed by atoms with E-state index in [4.69, 9.17) is 12.2 Å². The molecule has 0 radical (unpaired) electrons. The van der Waals surface area contributed by atoms with Crippen molar-refractivity contribution in [2.75, 3.05) is 10.6 Å². The number of thiocarbonyl (C=S) groups is 1. The largest absolute Gasteiger partial charge is 0.435 e. The van der Waals surface area contributed by atoms with Crippen LogP contribution in [0, 0.1) is 0 Å². The van der Waals surface area contributed by atoms with Crippen molar-refractivity contribution in [1.29, 1.82) is 0 Å². The van der Waals surface area contributed by atoms with Gasteiger partial charge in [-0.25, -0.2) is 0 Å². The summed E-state index contributed by atoms with van der Waals surface area (Å²) in [6, 6.07) is 14.0. The summed E-state index contributed by atoms with van der Waals surface area (Å²) in [6.45, 7) is -1.89. The smallest absolute Gasteiger partial charge is 0.387 e. The maximum absolute atomic E-state index is 12.2. The Balaban J connectivity index is 1.38. The fourth-order valence-electron chi connectivity index (χ4n) is 3.41. The topological polar surface area (TPSA) is 64.0 Å². The summed E-state index contributed by atoms with van der Waals surface area (Å²) in [5.41, 5.74) is 2.50. The summed E-state index contributed by atoms with van der Waals surface area (Å²) in [6.07, 6.45) is 4.50. The van der Waals surface area contributed by atoms with E-state index in [1.54, 1.807) is 12.1 Å². The van der Waals surface area contributed by atoms with Gasteiger partial charge in [0.25, 0.3) is 0 Å². The number of nitrogens with zero attached hydrogens (tertiary/aromatic N) is 3. The van der Waals surface area contributed by atoms with Crippen LogP contribution in [0.1, 0.15) is 25.1 Å². The average Bonchev–Trinajstić information content (AvgIpc) is 2.98. The highest BCUT2D eigenvalue weighted by Gasteiger charge is 2.15. The normalized spacial score (nSPS) is 13.4. The van der Waals surface area contributed by atoms with Gasteiger partial charge in [-0.3, -0.25) is 0 Å². The number of anilines is 2. The number of hydrogen-bond donors (Lipinski definition) is 2. The molecule has 0 bridgehead atoms. The summed E-state index contributed by atoms with van der Waals surface area (Å²) < 4.78 is 31.0. The molecule has 9 heteroatoms. The maximum atomic E-state index is 12.2. The molecule has 0 spiro atoms. The van der Waals surface area contributed by atoms with Gasteiger partial charge < -0.3 is 19.9 Å². The Morgan fingerprint density at radius 3 is 2.27 bits per heavy atom. The Morgan fingerprint density at radius 2 is 1.60 bits per heavy atom. The zero-order valence-electron chi connectivity index (χ0n) is 16.1. The van der Waals surface area contributed by atoms with Gasteiger partial charge >= 0.3 is 6.61 Å². The Morgan fingerprint density at radius 1 is 0.933 bits per heavy atom. The van der Waals surface area contributed by atoms with Crippen LogP contribution >= 0.6 is 12.2 Å². The molecule has 156 valence electrons. The van der Waals surface area contributed by atoms with E-state index in [0.29, 0.717) is 10.8 Å². The molecule has 0 saturated carbocycles. The van der Waals surface area contributed by atoms with Crippen molar-refractivity contribution in [3.63, 3.8) is 0 Å². The number of fused-ring (bicyclic) bond motifs is 1. The predicted molar refractivity (Wildman–Crippen MR) is 116 cm³/mol. The lowest BCUT2D eigenvalue weighted by Crippen LogP contribution is -2.19. The van der Waals surface area contributed by atoms with E-state index in [-0.39, 0.29) is 5.75 Å². The van der Waals surface area contributed by atoms with Crippen molar-refractivity contribution < 1.29 is 13.5 Å². The van der Waals surface area contributed by atoms with Gasteiger partial charge in [0.1, 0.15) is 11.6 Å². The lowest BCUT2D eigenvalue weighted by molar-refractivity contribution is -0.0498. The number of aryl methyl sites for hydroxylation is 1. The number of ether oxygens (including phenoxy) is 1. The minimum absolute atomic E-state index is 0.0939. The molecule has 3 aromatic rings. The number of rotatable bonds is 5. The first-order valence-corrected chi connectivity index (χ1v) is 10.1. The molecule has 1 aliphatic rings. The molecule has 4 rings (SSSR count). The van der Waals surface area contributed by atoms with Crippen LogP contribution in [0.15, 0.2) is 48.5 Å². The maximum Gasteiger partial charge on any atom is 0.387 e. The van der Waals surface area contributed by atoms with Crippen molar-refractivity contribution in [2.45, 2.75) is 38.8 Å². The molecule has 0 amide bonds. The van der Waals surface area contributed by atoms with Crippen molar-refractivity contribution in [3.05, 3.63) is 54.4 Å². The van der Waals surface area contributed by atoms with Gasteiger partial charge in [-0.15, -0.1) is 10.2 Å². The van der Waals surface area contributed by atoms with Crippen LogP contribution in [0.3, 0.4) is 0 Å². The third-order valence-corrected chi connectivity index (χ3v) is 5.05. The van der Waals surface area contributed by atoms with Gasteiger partial charge in [-0.1, -0.05) is 6.42 Å². The molecule has 2 heterocycles. The minimum atomic E-state index is -2.85. The zero-order valence-corrected chi connectivity index (χ0v) is 17.0. The van der Waals surface area contributed by atoms with E-state index in [1.165, 1.54) is 18.6 Å². The first-order valence-electron chi connectivity index (χ1n) is 9.74. The standard InChI is InChI=1S/C21H21F2N5OS/c22-20(23)29-17-11-9-16(10-12-17)25-21(30)24-15-7-5-14(6-8-15)19-27-26-18-4-2-1-3-13-28(18)19/h5-12,20H,1-4,13H2,(H2,24,25,30). The Kier molecular flexibility index (Phi) is 6.18. The molecule has 0 saturated heterocycles. The second kappa shape index (κ2) is 9.17. The van der Waals surface area contributed by atoms with E-state index >= 15 is 0 Å². The molecule has 6 nitrogen and oxygen atoms in total. The highest BCUT2D eigenvalue weighted by atomic mass is 32.1. The second-order valence-electron chi connectivity index (χ2n) is 6.96. The number of nitrogens with one attached hydrogen (secondary N) is 2. The fourth-order valence-corrected chi connectivity index (χ4v) is 3.65. The van der Waals surface area contributed by atoms with Gasteiger partial charge in [0.2, 0.25) is 0 Å². The minimum Gasteiger partial charge on any atom is -0.435 e. The monoisotopic (exact) mass is 429 g/mol. The Labute approximate surface area is 178 Å². The number of aromatic nitrogens is 3. The highest BCUT2D eigenvalue weighted by Crippen LogP contribution is 2.24. The summed E-state index contributed by atoms with van der Waals surface area (Å²) in [4.78, 5) is 0. The molecule has 1 aliphatic heterocycles. The lowest BCUT2D eigenvalue weighted by Gasteiger charge is -2.12. The van der Waals surface area contributed by atoms with Gasteiger partial charge in [-0.05, 0) is 73.6 Å². The van der Waals surface area contributed by atoms with Crippen LogP contribution < -0.4 is 15.4 Å². The first-order chi connectivity index (χ1) is 14.6. The predicted octanol–water partition coefficient (Wildman–Crippen LogP) is 5.08. The zero-order chi connectivity index (χ0) is 20.9. The van der Waals surface area contributed by atoms with Crippen LogP contribution in [-0.2, 0) is 13.0 Å². The van der Waals surface area contributed by atoms with E-state index < -0.39 is 6.61 Å². The van der Waals surface area contributed by atoms with E-state index in [0.717, 1.165) is 48.7 Å². The van der Waals surface area contributed by atoms with Crippen molar-refractivity contribution in [2.24, 2.45) is 0 Å². The van der Waals surface area contributed by atoms with Crippen LogP contribution in [0.5, 0.6) is 5.75 Å².